The van der Waals surface area contributed by atoms with Crippen molar-refractivity contribution in [2.24, 2.45) is 0 Å². The molecule has 1 aromatic rings. The first kappa shape index (κ1) is 31.4. The van der Waals surface area contributed by atoms with E-state index in [4.69, 9.17) is 9.29 Å². The summed E-state index contributed by atoms with van der Waals surface area (Å²) in [6.45, 7) is 2.27. The zero-order valence-corrected chi connectivity index (χ0v) is 22.7. The molecule has 0 aliphatic carbocycles. The van der Waals surface area contributed by atoms with Gasteiger partial charge in [-0.05, 0) is 43.5 Å². The number of hydrogen-bond acceptors (Lipinski definition) is 4. The van der Waals surface area contributed by atoms with Gasteiger partial charge in [0.25, 0.3) is 10.1 Å². The van der Waals surface area contributed by atoms with Crippen molar-refractivity contribution in [2.45, 2.75) is 134 Å². The van der Waals surface area contributed by atoms with Gasteiger partial charge in [-0.3, -0.25) is 9.35 Å². The number of allylic oxidation sites excluding steroid dienone is 2. The Hall–Kier alpha value is -1.66. The Kier molecular flexibility index (Phi) is 18.4. The van der Waals surface area contributed by atoms with Gasteiger partial charge in [0.1, 0.15) is 5.75 Å². The van der Waals surface area contributed by atoms with E-state index in [1.807, 2.05) is 6.08 Å². The molecule has 0 atom stereocenters. The molecule has 0 saturated heterocycles. The van der Waals surface area contributed by atoms with Crippen molar-refractivity contribution >= 4 is 16.1 Å². The molecule has 6 heteroatoms. The Labute approximate surface area is 214 Å². The highest BCUT2D eigenvalue weighted by atomic mass is 32.2. The molecule has 1 aromatic carbocycles. The molecule has 0 radical (unpaired) electrons. The van der Waals surface area contributed by atoms with E-state index in [1.165, 1.54) is 127 Å². The maximum absolute atomic E-state index is 11.9. The van der Waals surface area contributed by atoms with E-state index in [-0.39, 0.29) is 23.0 Å². The lowest BCUT2D eigenvalue weighted by atomic mass is 10.0. The monoisotopic (exact) mass is 508 g/mol. The lowest BCUT2D eigenvalue weighted by Gasteiger charge is -2.04. The van der Waals surface area contributed by atoms with Crippen LogP contribution in [0.3, 0.4) is 0 Å². The largest absolute Gasteiger partial charge is 0.427 e. The van der Waals surface area contributed by atoms with E-state index in [9.17, 15) is 13.2 Å². The average Bonchev–Trinajstić information content (AvgIpc) is 2.82. The fourth-order valence-corrected chi connectivity index (χ4v) is 4.59. The highest BCUT2D eigenvalue weighted by Crippen LogP contribution is 2.17. The molecule has 0 aliphatic heterocycles. The fourth-order valence-electron chi connectivity index (χ4n) is 4.11. The first-order chi connectivity index (χ1) is 16.9. The topological polar surface area (TPSA) is 80.7 Å². The molecule has 0 aromatic heterocycles. The molecule has 0 amide bonds. The van der Waals surface area contributed by atoms with Crippen LogP contribution in [0.2, 0.25) is 0 Å². The predicted octanol–water partition coefficient (Wildman–Crippen LogP) is 8.83. The molecular formula is C29H48O5S. The van der Waals surface area contributed by atoms with Crippen LogP contribution in [-0.2, 0) is 14.9 Å². The smallest absolute Gasteiger partial charge is 0.311 e. The molecule has 1 N–H and O–H groups in total. The second kappa shape index (κ2) is 20.5. The van der Waals surface area contributed by atoms with Crippen LogP contribution < -0.4 is 4.74 Å². The number of benzene rings is 1. The summed E-state index contributed by atoms with van der Waals surface area (Å²) >= 11 is 0. The van der Waals surface area contributed by atoms with E-state index >= 15 is 0 Å². The predicted molar refractivity (Wildman–Crippen MR) is 144 cm³/mol. The van der Waals surface area contributed by atoms with Crippen molar-refractivity contribution in [2.75, 3.05) is 0 Å². The Morgan fingerprint density at radius 3 is 1.60 bits per heavy atom. The third kappa shape index (κ3) is 18.3. The standard InChI is InChI=1S/C29H48O5S/c1-2-3-4-5-6-7-8-9-10-11-12-13-14-15-16-17-18-19-20-21-22-29(30)34-27-23-25-28(26-24-27)35(31,32)33/h19-20,23-26H,2-18,21-22H2,1H3,(H,31,32,33). The molecule has 200 valence electrons. The van der Waals surface area contributed by atoms with Crippen molar-refractivity contribution in [1.82, 2.24) is 0 Å². The van der Waals surface area contributed by atoms with Gasteiger partial charge in [-0.15, -0.1) is 0 Å². The summed E-state index contributed by atoms with van der Waals surface area (Å²) in [7, 11) is -4.24. The van der Waals surface area contributed by atoms with Crippen LogP contribution in [0.5, 0.6) is 5.75 Å². The highest BCUT2D eigenvalue weighted by molar-refractivity contribution is 7.85. The normalized spacial score (nSPS) is 11.8. The van der Waals surface area contributed by atoms with Crippen LogP contribution in [0.4, 0.5) is 0 Å². The molecule has 0 spiro atoms. The molecule has 0 saturated carbocycles. The number of ether oxygens (including phenoxy) is 1. The maximum atomic E-state index is 11.9. The maximum Gasteiger partial charge on any atom is 0.311 e. The Morgan fingerprint density at radius 1 is 0.714 bits per heavy atom. The summed E-state index contributed by atoms with van der Waals surface area (Å²) in [4.78, 5) is 11.6. The minimum Gasteiger partial charge on any atom is -0.427 e. The zero-order chi connectivity index (χ0) is 25.6. The molecule has 0 unspecified atom stereocenters. The third-order valence-corrected chi connectivity index (χ3v) is 7.13. The first-order valence-electron chi connectivity index (χ1n) is 13.9. The van der Waals surface area contributed by atoms with E-state index < -0.39 is 10.1 Å². The number of hydrogen-bond donors (Lipinski definition) is 1. The minimum absolute atomic E-state index is 0.227. The van der Waals surface area contributed by atoms with E-state index in [0.29, 0.717) is 6.42 Å². The molecule has 5 nitrogen and oxygen atoms in total. The van der Waals surface area contributed by atoms with Gasteiger partial charge >= 0.3 is 5.97 Å². The summed E-state index contributed by atoms with van der Waals surface area (Å²) in [6.07, 6.45) is 28.1. The Balaban J connectivity index is 1.88. The van der Waals surface area contributed by atoms with Gasteiger partial charge in [-0.2, -0.15) is 8.42 Å². The molecule has 35 heavy (non-hydrogen) atoms. The molecule has 0 fully saturated rings. The number of carbonyl (C=O) groups is 1. The van der Waals surface area contributed by atoms with Crippen molar-refractivity contribution in [3.05, 3.63) is 36.4 Å². The summed E-state index contributed by atoms with van der Waals surface area (Å²) < 4.78 is 36.1. The van der Waals surface area contributed by atoms with Gasteiger partial charge in [0.05, 0.1) is 4.90 Å². The van der Waals surface area contributed by atoms with Gasteiger partial charge in [-0.1, -0.05) is 115 Å². The van der Waals surface area contributed by atoms with E-state index in [0.717, 1.165) is 6.42 Å². The third-order valence-electron chi connectivity index (χ3n) is 6.26. The van der Waals surface area contributed by atoms with Crippen LogP contribution in [0, 0.1) is 0 Å². The molecular weight excluding hydrogens is 460 g/mol. The van der Waals surface area contributed by atoms with Crippen LogP contribution in [0.25, 0.3) is 0 Å². The minimum atomic E-state index is -4.24. The Bertz CT molecular complexity index is 784. The zero-order valence-electron chi connectivity index (χ0n) is 21.9. The SMILES string of the molecule is CCCCCCCCCCCCCCCCCCC=CCCC(=O)Oc1ccc(S(=O)(=O)O)cc1. The van der Waals surface area contributed by atoms with Crippen LogP contribution in [0.1, 0.15) is 129 Å². The van der Waals surface area contributed by atoms with E-state index in [1.54, 1.807) is 0 Å². The lowest BCUT2D eigenvalue weighted by Crippen LogP contribution is -2.07. The van der Waals surface area contributed by atoms with Gasteiger partial charge in [0, 0.05) is 6.42 Å². The summed E-state index contributed by atoms with van der Waals surface area (Å²) in [6, 6.07) is 5.12. The second-order valence-electron chi connectivity index (χ2n) is 9.52. The first-order valence-corrected chi connectivity index (χ1v) is 15.3. The molecule has 1 rings (SSSR count). The fraction of sp³-hybridized carbons (Fsp3) is 0.690. The van der Waals surface area contributed by atoms with Crippen LogP contribution in [-0.4, -0.2) is 18.9 Å². The van der Waals surface area contributed by atoms with Gasteiger partial charge < -0.3 is 4.74 Å². The second-order valence-corrected chi connectivity index (χ2v) is 10.9. The van der Waals surface area contributed by atoms with Crippen molar-refractivity contribution in [3.63, 3.8) is 0 Å². The van der Waals surface area contributed by atoms with E-state index in [2.05, 4.69) is 13.0 Å². The van der Waals surface area contributed by atoms with Crippen LogP contribution in [0.15, 0.2) is 41.3 Å². The average molecular weight is 509 g/mol. The van der Waals surface area contributed by atoms with Crippen molar-refractivity contribution in [3.8, 4) is 5.75 Å². The highest BCUT2D eigenvalue weighted by Gasteiger charge is 2.10. The van der Waals surface area contributed by atoms with Gasteiger partial charge in [-0.25, -0.2) is 0 Å². The van der Waals surface area contributed by atoms with Crippen molar-refractivity contribution < 1.29 is 22.5 Å². The lowest BCUT2D eigenvalue weighted by molar-refractivity contribution is -0.134. The summed E-state index contributed by atoms with van der Waals surface area (Å²) in [5, 5.41) is 0. The molecule has 0 heterocycles. The molecule has 0 aliphatic rings. The molecule has 0 bridgehead atoms. The number of unbranched alkanes of at least 4 members (excludes halogenated alkanes) is 16. The van der Waals surface area contributed by atoms with Gasteiger partial charge in [0.15, 0.2) is 0 Å². The van der Waals surface area contributed by atoms with Crippen LogP contribution >= 0.6 is 0 Å². The quantitative estimate of drug-likeness (QED) is 0.0556. The summed E-state index contributed by atoms with van der Waals surface area (Å²) in [5.74, 6) is -0.101. The Morgan fingerprint density at radius 2 is 1.14 bits per heavy atom. The van der Waals surface area contributed by atoms with Crippen molar-refractivity contribution in [1.29, 1.82) is 0 Å². The van der Waals surface area contributed by atoms with Gasteiger partial charge in [0.2, 0.25) is 0 Å². The number of rotatable bonds is 22. The summed E-state index contributed by atoms with van der Waals surface area (Å²) in [5.41, 5.74) is 0. The number of esters is 1. The number of carbonyl (C=O) groups excluding carboxylic acids is 1.